The molecule has 0 aromatic heterocycles. The summed E-state index contributed by atoms with van der Waals surface area (Å²) in [5, 5.41) is 3.37. The van der Waals surface area contributed by atoms with Gasteiger partial charge in [0, 0.05) is 12.6 Å². The van der Waals surface area contributed by atoms with E-state index < -0.39 is 11.7 Å². The van der Waals surface area contributed by atoms with Crippen molar-refractivity contribution in [1.29, 1.82) is 0 Å². The predicted molar refractivity (Wildman–Crippen MR) is 95.2 cm³/mol. The Kier molecular flexibility index (Phi) is 5.00. The molecule has 1 aliphatic rings. The molecule has 0 fully saturated rings. The van der Waals surface area contributed by atoms with E-state index in [0.29, 0.717) is 18.0 Å². The summed E-state index contributed by atoms with van der Waals surface area (Å²) in [7, 11) is 0. The number of halogens is 3. The lowest BCUT2D eigenvalue weighted by atomic mass is 9.82. The molecule has 25 heavy (non-hydrogen) atoms. The van der Waals surface area contributed by atoms with Gasteiger partial charge in [-0.2, -0.15) is 13.2 Å². The number of rotatable bonds is 4. The van der Waals surface area contributed by atoms with Crippen molar-refractivity contribution in [3.8, 4) is 0 Å². The maximum Gasteiger partial charge on any atom is 0.416 e. The molecule has 0 bridgehead atoms. The van der Waals surface area contributed by atoms with Crippen molar-refractivity contribution >= 4 is 5.57 Å². The highest BCUT2D eigenvalue weighted by atomic mass is 19.4. The zero-order valence-corrected chi connectivity index (χ0v) is 14.4. The molecule has 132 valence electrons. The zero-order chi connectivity index (χ0) is 18.0. The van der Waals surface area contributed by atoms with Crippen LogP contribution in [0.25, 0.3) is 5.57 Å². The molecule has 2 atom stereocenters. The molecule has 0 saturated heterocycles. The summed E-state index contributed by atoms with van der Waals surface area (Å²) in [6, 6.07) is 13.9. The van der Waals surface area contributed by atoms with E-state index in [2.05, 4.69) is 43.4 Å². The van der Waals surface area contributed by atoms with Gasteiger partial charge < -0.3 is 5.32 Å². The first-order chi connectivity index (χ1) is 11.9. The summed E-state index contributed by atoms with van der Waals surface area (Å²) in [6.45, 7) is 4.68. The van der Waals surface area contributed by atoms with Crippen LogP contribution >= 0.6 is 0 Å². The highest BCUT2D eigenvalue weighted by molar-refractivity contribution is 5.74. The third-order valence-corrected chi connectivity index (χ3v) is 4.83. The number of benzene rings is 2. The van der Waals surface area contributed by atoms with Crippen LogP contribution in [0.5, 0.6) is 0 Å². The van der Waals surface area contributed by atoms with Crippen molar-refractivity contribution in [2.75, 3.05) is 0 Å². The number of fused-ring (bicyclic) bond motifs is 1. The molecule has 0 heterocycles. The quantitative estimate of drug-likeness (QED) is 0.741. The Labute approximate surface area is 146 Å². The first-order valence-corrected chi connectivity index (χ1v) is 8.55. The molecule has 0 spiro atoms. The van der Waals surface area contributed by atoms with Gasteiger partial charge in [-0.1, -0.05) is 55.5 Å². The van der Waals surface area contributed by atoms with E-state index in [1.54, 1.807) is 6.07 Å². The minimum absolute atomic E-state index is 0.0724. The van der Waals surface area contributed by atoms with Crippen LogP contribution in [-0.2, 0) is 12.7 Å². The second-order valence-corrected chi connectivity index (χ2v) is 6.68. The maximum absolute atomic E-state index is 12.8. The van der Waals surface area contributed by atoms with Gasteiger partial charge in [-0.3, -0.25) is 0 Å². The summed E-state index contributed by atoms with van der Waals surface area (Å²) < 4.78 is 38.5. The molecule has 2 aromatic carbocycles. The van der Waals surface area contributed by atoms with E-state index in [1.165, 1.54) is 28.8 Å². The Morgan fingerprint density at radius 2 is 1.88 bits per heavy atom. The molecule has 3 rings (SSSR count). The minimum atomic E-state index is -4.30. The lowest BCUT2D eigenvalue weighted by Crippen LogP contribution is -2.28. The largest absolute Gasteiger partial charge is 0.416 e. The fraction of sp³-hybridized carbons (Fsp3) is 0.333. The van der Waals surface area contributed by atoms with Gasteiger partial charge in [0.25, 0.3) is 0 Å². The molecule has 0 aliphatic heterocycles. The smallest absolute Gasteiger partial charge is 0.306 e. The Bertz CT molecular complexity index is 777. The molecule has 1 N–H and O–H groups in total. The maximum atomic E-state index is 12.8. The fourth-order valence-electron chi connectivity index (χ4n) is 3.38. The second-order valence-electron chi connectivity index (χ2n) is 6.68. The molecule has 0 saturated carbocycles. The highest BCUT2D eigenvalue weighted by Crippen LogP contribution is 2.35. The van der Waals surface area contributed by atoms with Gasteiger partial charge in [-0.25, -0.2) is 0 Å². The average Bonchev–Trinajstić information content (AvgIpc) is 2.60. The molecule has 2 aromatic rings. The van der Waals surface area contributed by atoms with Crippen molar-refractivity contribution in [3.63, 3.8) is 0 Å². The van der Waals surface area contributed by atoms with Crippen molar-refractivity contribution in [1.82, 2.24) is 5.32 Å². The molecular formula is C21H22F3N. The van der Waals surface area contributed by atoms with Crippen LogP contribution in [0.1, 0.15) is 48.4 Å². The van der Waals surface area contributed by atoms with Gasteiger partial charge in [0.1, 0.15) is 0 Å². The van der Waals surface area contributed by atoms with E-state index in [0.717, 1.165) is 12.5 Å². The first kappa shape index (κ1) is 17.7. The Morgan fingerprint density at radius 3 is 2.64 bits per heavy atom. The van der Waals surface area contributed by atoms with Crippen LogP contribution in [0, 0.1) is 0 Å². The van der Waals surface area contributed by atoms with Crippen LogP contribution in [0.15, 0.2) is 54.6 Å². The molecule has 0 radical (unpaired) electrons. The summed E-state index contributed by atoms with van der Waals surface area (Å²) in [6.07, 6.45) is -1.07. The van der Waals surface area contributed by atoms with E-state index in [1.807, 2.05) is 6.07 Å². The number of alkyl halides is 3. The topological polar surface area (TPSA) is 12.0 Å². The van der Waals surface area contributed by atoms with Crippen LogP contribution in [0.3, 0.4) is 0 Å². The van der Waals surface area contributed by atoms with E-state index in [-0.39, 0.29) is 6.04 Å². The van der Waals surface area contributed by atoms with Gasteiger partial charge in [-0.15, -0.1) is 0 Å². The molecule has 1 nitrogen and oxygen atoms in total. The molecule has 0 amide bonds. The van der Waals surface area contributed by atoms with Gasteiger partial charge >= 0.3 is 6.18 Å². The summed E-state index contributed by atoms with van der Waals surface area (Å²) in [5.74, 6) is 0.496. The van der Waals surface area contributed by atoms with E-state index in [9.17, 15) is 13.2 Å². The molecular weight excluding hydrogens is 323 g/mol. The third kappa shape index (κ3) is 3.96. The van der Waals surface area contributed by atoms with E-state index >= 15 is 0 Å². The third-order valence-electron chi connectivity index (χ3n) is 4.83. The Morgan fingerprint density at radius 1 is 1.12 bits per heavy atom. The molecule has 1 aliphatic carbocycles. The minimum Gasteiger partial charge on any atom is -0.306 e. The van der Waals surface area contributed by atoms with Crippen LogP contribution in [-0.4, -0.2) is 6.04 Å². The first-order valence-electron chi connectivity index (χ1n) is 8.55. The van der Waals surface area contributed by atoms with Crippen molar-refractivity contribution < 1.29 is 13.2 Å². The van der Waals surface area contributed by atoms with Gasteiger partial charge in [-0.05, 0) is 47.6 Å². The van der Waals surface area contributed by atoms with Crippen molar-refractivity contribution in [2.24, 2.45) is 0 Å². The highest BCUT2D eigenvalue weighted by Gasteiger charge is 2.30. The monoisotopic (exact) mass is 345 g/mol. The lowest BCUT2D eigenvalue weighted by molar-refractivity contribution is -0.137. The number of nitrogens with one attached hydrogen (secondary N) is 1. The van der Waals surface area contributed by atoms with Crippen LogP contribution < -0.4 is 5.32 Å². The van der Waals surface area contributed by atoms with Gasteiger partial charge in [0.05, 0.1) is 5.56 Å². The fourth-order valence-corrected chi connectivity index (χ4v) is 3.38. The number of hydrogen-bond donors (Lipinski definition) is 1. The standard InChI is InChI=1S/C21H22F3N/c1-14-10-11-19(20-9-4-3-8-18(14)20)15(2)25-13-16-6-5-7-17(12-16)21(22,23)24/h3-9,11-12,14-15,25H,10,13H2,1-2H3. The van der Waals surface area contributed by atoms with Crippen molar-refractivity contribution in [3.05, 3.63) is 76.9 Å². The van der Waals surface area contributed by atoms with Crippen molar-refractivity contribution in [2.45, 2.75) is 44.9 Å². The SMILES string of the molecule is CC(NCc1cccc(C(F)(F)F)c1)C1=CCC(C)c2ccccc21. The zero-order valence-electron chi connectivity index (χ0n) is 14.4. The van der Waals surface area contributed by atoms with E-state index in [4.69, 9.17) is 0 Å². The lowest BCUT2D eigenvalue weighted by Gasteiger charge is -2.27. The number of hydrogen-bond acceptors (Lipinski definition) is 1. The summed E-state index contributed by atoms with van der Waals surface area (Å²) in [4.78, 5) is 0. The Balaban J connectivity index is 1.73. The summed E-state index contributed by atoms with van der Waals surface area (Å²) >= 11 is 0. The molecule has 2 unspecified atom stereocenters. The van der Waals surface area contributed by atoms with Crippen LogP contribution in [0.4, 0.5) is 13.2 Å². The van der Waals surface area contributed by atoms with Crippen LogP contribution in [0.2, 0.25) is 0 Å². The van der Waals surface area contributed by atoms with Gasteiger partial charge in [0.15, 0.2) is 0 Å². The number of allylic oxidation sites excluding steroid dienone is 1. The van der Waals surface area contributed by atoms with Gasteiger partial charge in [0.2, 0.25) is 0 Å². The predicted octanol–water partition coefficient (Wildman–Crippen LogP) is 5.77. The average molecular weight is 345 g/mol. The summed E-state index contributed by atoms with van der Waals surface area (Å²) in [5.41, 5.74) is 3.84. The normalized spacial score (nSPS) is 18.4. The second kappa shape index (κ2) is 7.04. The Hall–Kier alpha value is -2.07. The molecule has 4 heteroatoms.